The van der Waals surface area contributed by atoms with Crippen molar-refractivity contribution in [3.8, 4) is 0 Å². The van der Waals surface area contributed by atoms with Crippen LogP contribution in [0.3, 0.4) is 0 Å². The highest BCUT2D eigenvalue weighted by Crippen LogP contribution is 2.22. The molecule has 1 fully saturated rings. The first kappa shape index (κ1) is 15.7. The number of carbonyl (C=O) groups is 1. The Hall–Kier alpha value is -1.65. The van der Waals surface area contributed by atoms with Gasteiger partial charge in [-0.2, -0.15) is 0 Å². The van der Waals surface area contributed by atoms with E-state index in [-0.39, 0.29) is 5.91 Å². The van der Waals surface area contributed by atoms with Crippen molar-refractivity contribution >= 4 is 11.7 Å². The average Bonchev–Trinajstić information content (AvgIpc) is 2.47. The number of anilines is 1. The Bertz CT molecular complexity index is 499. The molecule has 1 aromatic rings. The van der Waals surface area contributed by atoms with Crippen LogP contribution in [0.1, 0.15) is 49.9 Å². The quantitative estimate of drug-likeness (QED) is 0.855. The zero-order chi connectivity index (χ0) is 15.4. The van der Waals surface area contributed by atoms with E-state index in [1.165, 1.54) is 12.8 Å². The van der Waals surface area contributed by atoms with Gasteiger partial charge in [-0.3, -0.25) is 4.79 Å². The number of carbonyl (C=O) groups excluding carboxylic acids is 1. The van der Waals surface area contributed by atoms with Gasteiger partial charge in [0.05, 0.1) is 0 Å². The van der Waals surface area contributed by atoms with E-state index >= 15 is 0 Å². The number of amides is 1. The molecule has 0 saturated carbocycles. The van der Waals surface area contributed by atoms with Crippen LogP contribution in [-0.4, -0.2) is 47.0 Å². The van der Waals surface area contributed by atoms with Gasteiger partial charge in [-0.15, -0.1) is 0 Å². The normalized spacial score (nSPS) is 18.7. The molecule has 1 atom stereocenters. The molecular weight excluding hydrogens is 264 g/mol. The van der Waals surface area contributed by atoms with Gasteiger partial charge in [0.15, 0.2) is 0 Å². The molecule has 1 amide bonds. The molecule has 0 aliphatic carbocycles. The second-order valence-electron chi connectivity index (χ2n) is 5.83. The molecule has 1 aliphatic heterocycles. The number of rotatable bonds is 4. The van der Waals surface area contributed by atoms with E-state index in [1.54, 1.807) is 4.90 Å². The maximum Gasteiger partial charge on any atom is 0.272 e. The van der Waals surface area contributed by atoms with Gasteiger partial charge in [-0.05, 0) is 39.5 Å². The summed E-state index contributed by atoms with van der Waals surface area (Å²) in [4.78, 5) is 25.4. The maximum absolute atomic E-state index is 12.5. The molecule has 5 nitrogen and oxygen atoms in total. The minimum absolute atomic E-state index is 0.00296. The molecule has 1 saturated heterocycles. The topological polar surface area (TPSA) is 49.3 Å². The Morgan fingerprint density at radius 2 is 2.10 bits per heavy atom. The van der Waals surface area contributed by atoms with Crippen molar-refractivity contribution in [2.45, 2.75) is 40.5 Å². The van der Waals surface area contributed by atoms with Crippen LogP contribution in [0, 0.1) is 12.8 Å². The van der Waals surface area contributed by atoms with Gasteiger partial charge >= 0.3 is 0 Å². The van der Waals surface area contributed by atoms with Gasteiger partial charge in [0.1, 0.15) is 17.3 Å². The Labute approximate surface area is 127 Å². The van der Waals surface area contributed by atoms with Crippen molar-refractivity contribution in [2.75, 3.05) is 31.1 Å². The second kappa shape index (κ2) is 6.87. The molecular formula is C16H26N4O. The first-order valence-corrected chi connectivity index (χ1v) is 7.95. The third-order valence-corrected chi connectivity index (χ3v) is 4.08. The fraction of sp³-hybridized carbons (Fsp3) is 0.688. The van der Waals surface area contributed by atoms with Gasteiger partial charge in [-0.1, -0.05) is 6.92 Å². The average molecular weight is 290 g/mol. The van der Waals surface area contributed by atoms with Crippen molar-refractivity contribution in [2.24, 2.45) is 5.92 Å². The van der Waals surface area contributed by atoms with Crippen LogP contribution in [0.5, 0.6) is 0 Å². The lowest BCUT2D eigenvalue weighted by Crippen LogP contribution is -2.36. The Morgan fingerprint density at radius 1 is 1.38 bits per heavy atom. The molecule has 0 spiro atoms. The van der Waals surface area contributed by atoms with Crippen molar-refractivity contribution in [3.05, 3.63) is 17.6 Å². The van der Waals surface area contributed by atoms with Crippen LogP contribution in [0.2, 0.25) is 0 Å². The minimum Gasteiger partial charge on any atom is -0.356 e. The van der Waals surface area contributed by atoms with E-state index in [0.29, 0.717) is 30.5 Å². The highest BCUT2D eigenvalue weighted by atomic mass is 16.2. The summed E-state index contributed by atoms with van der Waals surface area (Å²) < 4.78 is 0. The Balaban J connectivity index is 2.26. The summed E-state index contributed by atoms with van der Waals surface area (Å²) in [6.45, 7) is 11.5. The molecule has 1 unspecified atom stereocenters. The lowest BCUT2D eigenvalue weighted by Gasteiger charge is -2.32. The van der Waals surface area contributed by atoms with Crippen molar-refractivity contribution in [1.29, 1.82) is 0 Å². The predicted octanol–water partition coefficient (Wildman–Crippen LogP) is 2.50. The molecule has 1 aromatic heterocycles. The summed E-state index contributed by atoms with van der Waals surface area (Å²) >= 11 is 0. The Morgan fingerprint density at radius 3 is 2.71 bits per heavy atom. The standard InChI is InChI=1S/C16H26N4O/c1-5-19(6-2)16(21)14-10-15(18-13(4)17-14)20-9-7-8-12(3)11-20/h10,12H,5-9,11H2,1-4H3. The molecule has 0 N–H and O–H groups in total. The summed E-state index contributed by atoms with van der Waals surface area (Å²) in [6.07, 6.45) is 2.45. The molecule has 0 bridgehead atoms. The largest absolute Gasteiger partial charge is 0.356 e. The fourth-order valence-corrected chi connectivity index (χ4v) is 2.89. The summed E-state index contributed by atoms with van der Waals surface area (Å²) in [7, 11) is 0. The molecule has 2 heterocycles. The summed E-state index contributed by atoms with van der Waals surface area (Å²) in [6, 6.07) is 1.85. The SMILES string of the molecule is CCN(CC)C(=O)c1cc(N2CCCC(C)C2)nc(C)n1. The third-order valence-electron chi connectivity index (χ3n) is 4.08. The number of aromatic nitrogens is 2. The van der Waals surface area contributed by atoms with Crippen LogP contribution in [0.25, 0.3) is 0 Å². The van der Waals surface area contributed by atoms with Crippen LogP contribution >= 0.6 is 0 Å². The number of hydrogen-bond donors (Lipinski definition) is 0. The lowest BCUT2D eigenvalue weighted by atomic mass is 10.0. The lowest BCUT2D eigenvalue weighted by molar-refractivity contribution is 0.0766. The van der Waals surface area contributed by atoms with Gasteiger partial charge in [0, 0.05) is 32.2 Å². The summed E-state index contributed by atoms with van der Waals surface area (Å²) in [5.41, 5.74) is 0.513. The van der Waals surface area contributed by atoms with Crippen molar-refractivity contribution < 1.29 is 4.79 Å². The zero-order valence-electron chi connectivity index (χ0n) is 13.6. The predicted molar refractivity (Wildman–Crippen MR) is 84.6 cm³/mol. The minimum atomic E-state index is -0.00296. The van der Waals surface area contributed by atoms with E-state index in [0.717, 1.165) is 18.9 Å². The van der Waals surface area contributed by atoms with Crippen LogP contribution in [0.4, 0.5) is 5.82 Å². The number of piperidine rings is 1. The van der Waals surface area contributed by atoms with E-state index in [2.05, 4.69) is 21.8 Å². The number of aryl methyl sites for hydroxylation is 1. The molecule has 2 rings (SSSR count). The van der Waals surface area contributed by atoms with E-state index in [9.17, 15) is 4.79 Å². The van der Waals surface area contributed by atoms with E-state index < -0.39 is 0 Å². The third kappa shape index (κ3) is 3.71. The monoisotopic (exact) mass is 290 g/mol. The van der Waals surface area contributed by atoms with Crippen LogP contribution < -0.4 is 4.90 Å². The van der Waals surface area contributed by atoms with Crippen LogP contribution in [0.15, 0.2) is 6.07 Å². The highest BCUT2D eigenvalue weighted by Gasteiger charge is 2.21. The molecule has 1 aliphatic rings. The van der Waals surface area contributed by atoms with Gasteiger partial charge in [0.25, 0.3) is 5.91 Å². The zero-order valence-corrected chi connectivity index (χ0v) is 13.6. The molecule has 21 heavy (non-hydrogen) atoms. The van der Waals surface area contributed by atoms with Gasteiger partial charge in [-0.25, -0.2) is 9.97 Å². The fourth-order valence-electron chi connectivity index (χ4n) is 2.89. The smallest absolute Gasteiger partial charge is 0.272 e. The molecule has 5 heteroatoms. The van der Waals surface area contributed by atoms with Crippen LogP contribution in [-0.2, 0) is 0 Å². The first-order chi connectivity index (χ1) is 10.0. The summed E-state index contributed by atoms with van der Waals surface area (Å²) in [5.74, 6) is 2.23. The second-order valence-corrected chi connectivity index (χ2v) is 5.83. The van der Waals surface area contributed by atoms with Gasteiger partial charge in [0.2, 0.25) is 0 Å². The van der Waals surface area contributed by atoms with Crippen molar-refractivity contribution in [1.82, 2.24) is 14.9 Å². The molecule has 116 valence electrons. The highest BCUT2D eigenvalue weighted by molar-refractivity contribution is 5.93. The Kier molecular flexibility index (Phi) is 5.15. The maximum atomic E-state index is 12.5. The van der Waals surface area contributed by atoms with Gasteiger partial charge < -0.3 is 9.80 Å². The van der Waals surface area contributed by atoms with Crippen molar-refractivity contribution in [3.63, 3.8) is 0 Å². The number of nitrogens with zero attached hydrogens (tertiary/aromatic N) is 4. The molecule has 0 aromatic carbocycles. The number of hydrogen-bond acceptors (Lipinski definition) is 4. The molecule has 0 radical (unpaired) electrons. The first-order valence-electron chi connectivity index (χ1n) is 7.95. The van der Waals surface area contributed by atoms with E-state index in [1.807, 2.05) is 26.8 Å². The van der Waals surface area contributed by atoms with E-state index in [4.69, 9.17) is 0 Å². The summed E-state index contributed by atoms with van der Waals surface area (Å²) in [5, 5.41) is 0.